The minimum absolute atomic E-state index is 0.0308. The van der Waals surface area contributed by atoms with Crippen LogP contribution in [0.5, 0.6) is 0 Å². The highest BCUT2D eigenvalue weighted by Gasteiger charge is 2.23. The molecule has 4 heteroatoms. The van der Waals surface area contributed by atoms with Crippen molar-refractivity contribution in [3.05, 3.63) is 0 Å². The summed E-state index contributed by atoms with van der Waals surface area (Å²) >= 11 is 0. The first kappa shape index (κ1) is 14.5. The molecule has 100 valence electrons. The number of carbonyl (C=O) groups excluding carboxylic acids is 1. The summed E-state index contributed by atoms with van der Waals surface area (Å²) in [5, 5.41) is 16.1. The minimum atomic E-state index is -0.783. The number of hydrogen-bond acceptors (Lipinski definition) is 3. The van der Waals surface area contributed by atoms with Gasteiger partial charge in [0.2, 0.25) is 5.91 Å². The Kier molecular flexibility index (Phi) is 5.92. The number of rotatable bonds is 5. The van der Waals surface area contributed by atoms with Crippen molar-refractivity contribution < 1.29 is 9.90 Å². The standard InChI is InChI=1S/C13H26N2O2/c1-3-8-13(2,17)10-15-12(16)11-7-5-4-6-9-14-11/h11,14,17H,3-10H2,1-2H3,(H,15,16). The van der Waals surface area contributed by atoms with Crippen LogP contribution in [0.15, 0.2) is 0 Å². The van der Waals surface area contributed by atoms with Crippen LogP contribution in [0.2, 0.25) is 0 Å². The molecular weight excluding hydrogens is 216 g/mol. The van der Waals surface area contributed by atoms with Crippen LogP contribution in [-0.4, -0.2) is 35.7 Å². The molecule has 0 spiro atoms. The van der Waals surface area contributed by atoms with Crippen molar-refractivity contribution in [1.82, 2.24) is 10.6 Å². The van der Waals surface area contributed by atoms with Gasteiger partial charge in [0.1, 0.15) is 0 Å². The topological polar surface area (TPSA) is 61.4 Å². The molecule has 1 aliphatic heterocycles. The zero-order valence-electron chi connectivity index (χ0n) is 11.1. The van der Waals surface area contributed by atoms with Crippen LogP contribution in [0.3, 0.4) is 0 Å². The highest BCUT2D eigenvalue weighted by Crippen LogP contribution is 2.11. The molecule has 1 aliphatic rings. The average molecular weight is 242 g/mol. The minimum Gasteiger partial charge on any atom is -0.388 e. The maximum atomic E-state index is 11.9. The lowest BCUT2D eigenvalue weighted by Crippen LogP contribution is -2.48. The summed E-state index contributed by atoms with van der Waals surface area (Å²) < 4.78 is 0. The fourth-order valence-electron chi connectivity index (χ4n) is 2.28. The smallest absolute Gasteiger partial charge is 0.237 e. The van der Waals surface area contributed by atoms with E-state index in [9.17, 15) is 9.90 Å². The molecule has 0 aromatic rings. The Morgan fingerprint density at radius 3 is 2.94 bits per heavy atom. The lowest BCUT2D eigenvalue weighted by atomic mass is 10.0. The van der Waals surface area contributed by atoms with Crippen molar-refractivity contribution in [2.45, 2.75) is 64.0 Å². The number of hydrogen-bond donors (Lipinski definition) is 3. The molecule has 1 amide bonds. The van der Waals surface area contributed by atoms with Crippen molar-refractivity contribution in [3.8, 4) is 0 Å². The Bertz CT molecular complexity index is 234. The molecule has 0 aromatic carbocycles. The van der Waals surface area contributed by atoms with Crippen molar-refractivity contribution >= 4 is 5.91 Å². The van der Waals surface area contributed by atoms with E-state index in [1.807, 2.05) is 6.92 Å². The molecule has 0 bridgehead atoms. The monoisotopic (exact) mass is 242 g/mol. The van der Waals surface area contributed by atoms with E-state index in [-0.39, 0.29) is 11.9 Å². The van der Waals surface area contributed by atoms with Gasteiger partial charge in [0.15, 0.2) is 0 Å². The van der Waals surface area contributed by atoms with Gasteiger partial charge in [-0.15, -0.1) is 0 Å². The predicted octanol–water partition coefficient (Wildman–Crippen LogP) is 1.19. The SMILES string of the molecule is CCCC(C)(O)CNC(=O)C1CCCCCN1. The van der Waals surface area contributed by atoms with E-state index in [4.69, 9.17) is 0 Å². The second-order valence-electron chi connectivity index (χ2n) is 5.32. The summed E-state index contributed by atoms with van der Waals surface area (Å²) in [6, 6.07) is -0.0741. The quantitative estimate of drug-likeness (QED) is 0.678. The van der Waals surface area contributed by atoms with Crippen LogP contribution in [0, 0.1) is 0 Å². The summed E-state index contributed by atoms with van der Waals surface area (Å²) in [6.45, 7) is 5.07. The summed E-state index contributed by atoms with van der Waals surface area (Å²) in [5.41, 5.74) is -0.783. The number of amides is 1. The highest BCUT2D eigenvalue weighted by atomic mass is 16.3. The lowest BCUT2D eigenvalue weighted by molar-refractivity contribution is -0.124. The van der Waals surface area contributed by atoms with E-state index < -0.39 is 5.60 Å². The first-order chi connectivity index (χ1) is 8.05. The Balaban J connectivity index is 2.32. The van der Waals surface area contributed by atoms with E-state index in [2.05, 4.69) is 10.6 Å². The molecule has 1 heterocycles. The first-order valence-electron chi connectivity index (χ1n) is 6.78. The second kappa shape index (κ2) is 6.97. The van der Waals surface area contributed by atoms with Crippen LogP contribution >= 0.6 is 0 Å². The zero-order valence-corrected chi connectivity index (χ0v) is 11.1. The molecule has 0 aromatic heterocycles. The van der Waals surface area contributed by atoms with Crippen molar-refractivity contribution in [3.63, 3.8) is 0 Å². The highest BCUT2D eigenvalue weighted by molar-refractivity contribution is 5.81. The first-order valence-corrected chi connectivity index (χ1v) is 6.78. The van der Waals surface area contributed by atoms with Gasteiger partial charge in [0.25, 0.3) is 0 Å². The van der Waals surface area contributed by atoms with Gasteiger partial charge in [0, 0.05) is 6.54 Å². The maximum Gasteiger partial charge on any atom is 0.237 e. The number of aliphatic hydroxyl groups is 1. The number of carbonyl (C=O) groups is 1. The molecule has 0 saturated carbocycles. The summed E-state index contributed by atoms with van der Waals surface area (Å²) in [5.74, 6) is 0.0308. The molecule has 0 aliphatic carbocycles. The molecule has 1 fully saturated rings. The molecule has 17 heavy (non-hydrogen) atoms. The molecule has 4 nitrogen and oxygen atoms in total. The van der Waals surface area contributed by atoms with Crippen molar-refractivity contribution in [2.24, 2.45) is 0 Å². The third-order valence-electron chi connectivity index (χ3n) is 3.31. The zero-order chi connectivity index (χ0) is 12.7. The largest absolute Gasteiger partial charge is 0.388 e. The van der Waals surface area contributed by atoms with Gasteiger partial charge >= 0.3 is 0 Å². The normalized spacial score (nSPS) is 24.8. The molecule has 2 atom stereocenters. The maximum absolute atomic E-state index is 11.9. The van der Waals surface area contributed by atoms with E-state index >= 15 is 0 Å². The Labute approximate surface area is 104 Å². The van der Waals surface area contributed by atoms with Gasteiger partial charge < -0.3 is 15.7 Å². The third-order valence-corrected chi connectivity index (χ3v) is 3.31. The Hall–Kier alpha value is -0.610. The third kappa shape index (κ3) is 5.50. The van der Waals surface area contributed by atoms with Crippen molar-refractivity contribution in [2.75, 3.05) is 13.1 Å². The molecule has 3 N–H and O–H groups in total. The van der Waals surface area contributed by atoms with Gasteiger partial charge in [-0.2, -0.15) is 0 Å². The molecular formula is C13H26N2O2. The summed E-state index contributed by atoms with van der Waals surface area (Å²) in [4.78, 5) is 11.9. The molecule has 0 radical (unpaired) electrons. The Morgan fingerprint density at radius 2 is 2.24 bits per heavy atom. The van der Waals surface area contributed by atoms with Crippen LogP contribution in [0.1, 0.15) is 52.4 Å². The summed E-state index contributed by atoms with van der Waals surface area (Å²) in [7, 11) is 0. The van der Waals surface area contributed by atoms with Gasteiger partial charge in [-0.3, -0.25) is 4.79 Å². The van der Waals surface area contributed by atoms with Crippen LogP contribution in [-0.2, 0) is 4.79 Å². The molecule has 1 rings (SSSR count). The summed E-state index contributed by atoms with van der Waals surface area (Å²) in [6.07, 6.45) is 6.00. The fraction of sp³-hybridized carbons (Fsp3) is 0.923. The van der Waals surface area contributed by atoms with Crippen molar-refractivity contribution in [1.29, 1.82) is 0 Å². The van der Waals surface area contributed by atoms with E-state index in [0.29, 0.717) is 13.0 Å². The van der Waals surface area contributed by atoms with Gasteiger partial charge in [0.05, 0.1) is 11.6 Å². The van der Waals surface area contributed by atoms with Gasteiger partial charge in [-0.25, -0.2) is 0 Å². The van der Waals surface area contributed by atoms with Crippen LogP contribution in [0.25, 0.3) is 0 Å². The average Bonchev–Trinajstić information content (AvgIpc) is 2.54. The molecule has 1 saturated heterocycles. The van der Waals surface area contributed by atoms with E-state index in [1.165, 1.54) is 6.42 Å². The van der Waals surface area contributed by atoms with E-state index in [1.54, 1.807) is 6.92 Å². The van der Waals surface area contributed by atoms with Gasteiger partial charge in [-0.05, 0) is 32.7 Å². The Morgan fingerprint density at radius 1 is 1.47 bits per heavy atom. The van der Waals surface area contributed by atoms with Gasteiger partial charge in [-0.1, -0.05) is 26.2 Å². The van der Waals surface area contributed by atoms with Crippen LogP contribution in [0.4, 0.5) is 0 Å². The number of nitrogens with one attached hydrogen (secondary N) is 2. The van der Waals surface area contributed by atoms with Crippen LogP contribution < -0.4 is 10.6 Å². The van der Waals surface area contributed by atoms with E-state index in [0.717, 1.165) is 32.2 Å². The molecule has 2 unspecified atom stereocenters. The lowest BCUT2D eigenvalue weighted by Gasteiger charge is -2.24. The predicted molar refractivity (Wildman–Crippen MR) is 68.8 cm³/mol. The second-order valence-corrected chi connectivity index (χ2v) is 5.32. The fourth-order valence-corrected chi connectivity index (χ4v) is 2.28.